The molecular formula is C23H31FN2O5. The van der Waals surface area contributed by atoms with Gasteiger partial charge in [-0.1, -0.05) is 6.92 Å². The topological polar surface area (TPSA) is 95.9 Å². The molecule has 1 aromatic rings. The number of phenolic OH excluding ortho intramolecular Hbond substituents is 1. The van der Waals surface area contributed by atoms with Crippen molar-refractivity contribution in [2.45, 2.75) is 59.1 Å². The van der Waals surface area contributed by atoms with E-state index in [1.54, 1.807) is 4.90 Å². The lowest BCUT2D eigenvalue weighted by molar-refractivity contribution is -0.146. The van der Waals surface area contributed by atoms with Gasteiger partial charge in [0.1, 0.15) is 12.8 Å². The zero-order valence-corrected chi connectivity index (χ0v) is 18.4. The Morgan fingerprint density at radius 3 is 2.74 bits per heavy atom. The van der Waals surface area contributed by atoms with Crippen molar-refractivity contribution in [2.24, 2.45) is 11.3 Å². The largest absolute Gasteiger partial charge is 0.505 e. The molecule has 1 saturated carbocycles. The second kappa shape index (κ2) is 9.34. The smallest absolute Gasteiger partial charge is 0.251 e. The fourth-order valence-corrected chi connectivity index (χ4v) is 4.64. The summed E-state index contributed by atoms with van der Waals surface area (Å²) >= 11 is 0. The highest BCUT2D eigenvalue weighted by Crippen LogP contribution is 2.44. The summed E-state index contributed by atoms with van der Waals surface area (Å²) in [6, 6.07) is 2.48. The number of halogens is 1. The van der Waals surface area contributed by atoms with Gasteiger partial charge >= 0.3 is 0 Å². The van der Waals surface area contributed by atoms with E-state index < -0.39 is 23.7 Å². The van der Waals surface area contributed by atoms with Gasteiger partial charge in [-0.05, 0) is 62.6 Å². The van der Waals surface area contributed by atoms with E-state index >= 15 is 0 Å². The molecule has 1 aliphatic carbocycles. The lowest BCUT2D eigenvalue weighted by Crippen LogP contribution is -2.43. The fourth-order valence-electron chi connectivity index (χ4n) is 4.64. The highest BCUT2D eigenvalue weighted by atomic mass is 19.1. The number of nitrogens with zero attached hydrogens (tertiary/aromatic N) is 1. The van der Waals surface area contributed by atoms with Gasteiger partial charge in [-0.2, -0.15) is 0 Å². The fraction of sp³-hybridized carbons (Fsp3) is 0.609. The van der Waals surface area contributed by atoms with Crippen molar-refractivity contribution in [3.8, 4) is 5.75 Å². The van der Waals surface area contributed by atoms with Crippen LogP contribution in [-0.2, 0) is 14.3 Å². The van der Waals surface area contributed by atoms with Crippen molar-refractivity contribution >= 4 is 17.6 Å². The predicted molar refractivity (Wildman–Crippen MR) is 112 cm³/mol. The summed E-state index contributed by atoms with van der Waals surface area (Å²) in [7, 11) is 0. The number of aryl methyl sites for hydroxylation is 1. The number of nitrogens with one attached hydrogen (secondary N) is 1. The predicted octanol–water partition coefficient (Wildman–Crippen LogP) is 2.93. The Balaban J connectivity index is 1.52. The van der Waals surface area contributed by atoms with Crippen LogP contribution in [0.25, 0.3) is 0 Å². The third-order valence-electron chi connectivity index (χ3n) is 6.53. The molecule has 8 heteroatoms. The number of carbonyl (C=O) groups is 3. The van der Waals surface area contributed by atoms with Crippen LogP contribution in [0.2, 0.25) is 0 Å². The number of benzene rings is 1. The molecular weight excluding hydrogens is 403 g/mol. The first-order valence-electron chi connectivity index (χ1n) is 10.8. The van der Waals surface area contributed by atoms with Crippen LogP contribution in [-0.4, -0.2) is 53.5 Å². The second-order valence-corrected chi connectivity index (χ2v) is 9.01. The summed E-state index contributed by atoms with van der Waals surface area (Å²) in [4.78, 5) is 38.6. The summed E-state index contributed by atoms with van der Waals surface area (Å²) in [6.07, 6.45) is 2.85. The van der Waals surface area contributed by atoms with Gasteiger partial charge in [0, 0.05) is 24.6 Å². The molecule has 2 aliphatic rings. The van der Waals surface area contributed by atoms with E-state index in [1.807, 2.05) is 6.92 Å². The number of hydrogen-bond donors (Lipinski definition) is 2. The van der Waals surface area contributed by atoms with Crippen LogP contribution < -0.4 is 5.32 Å². The number of aromatic hydroxyl groups is 1. The van der Waals surface area contributed by atoms with Crippen molar-refractivity contribution < 1.29 is 28.6 Å². The Morgan fingerprint density at radius 2 is 2.13 bits per heavy atom. The van der Waals surface area contributed by atoms with E-state index in [4.69, 9.17) is 4.74 Å². The maximum absolute atomic E-state index is 13.7. The van der Waals surface area contributed by atoms with E-state index in [0.717, 1.165) is 18.9 Å². The van der Waals surface area contributed by atoms with Crippen molar-refractivity contribution in [2.75, 3.05) is 19.7 Å². The van der Waals surface area contributed by atoms with E-state index in [-0.39, 0.29) is 41.6 Å². The highest BCUT2D eigenvalue weighted by Gasteiger charge is 2.41. The van der Waals surface area contributed by atoms with Crippen molar-refractivity contribution in [1.29, 1.82) is 0 Å². The standard InChI is InChI=1S/C23H31FN2O5/c1-4-26(19-11-17(27)13-31-19)22(30)15-5-6-23(3,12-15)7-8-25-21(29)16-9-14(2)20(28)18(24)10-16/h9-10,15,19,28H,4-8,11-13H2,1-3H3,(H,25,29)/t15-,19-,23+/m0/s1. The molecule has 7 nitrogen and oxygen atoms in total. The van der Waals surface area contributed by atoms with E-state index in [9.17, 15) is 23.9 Å². The van der Waals surface area contributed by atoms with Gasteiger partial charge < -0.3 is 20.1 Å². The Hall–Kier alpha value is -2.48. The number of rotatable bonds is 7. The van der Waals surface area contributed by atoms with E-state index in [0.29, 0.717) is 31.5 Å². The second-order valence-electron chi connectivity index (χ2n) is 9.01. The van der Waals surface area contributed by atoms with Crippen LogP contribution in [0.1, 0.15) is 61.9 Å². The molecule has 31 heavy (non-hydrogen) atoms. The van der Waals surface area contributed by atoms with Crippen LogP contribution in [0.3, 0.4) is 0 Å². The summed E-state index contributed by atoms with van der Waals surface area (Å²) in [6.45, 7) is 6.53. The molecule has 0 unspecified atom stereocenters. The molecule has 1 saturated heterocycles. The number of ketones is 1. The number of amides is 2. The first kappa shape index (κ1) is 23.2. The van der Waals surface area contributed by atoms with Crippen molar-refractivity contribution in [3.63, 3.8) is 0 Å². The normalized spacial score (nSPS) is 25.6. The minimum Gasteiger partial charge on any atom is -0.505 e. The zero-order chi connectivity index (χ0) is 22.8. The Kier molecular flexibility index (Phi) is 6.99. The summed E-state index contributed by atoms with van der Waals surface area (Å²) in [5.41, 5.74) is 0.389. The quantitative estimate of drug-likeness (QED) is 0.688. The van der Waals surface area contributed by atoms with Gasteiger partial charge in [0.05, 0.1) is 6.42 Å². The zero-order valence-electron chi connectivity index (χ0n) is 18.4. The average Bonchev–Trinajstić information content (AvgIpc) is 3.32. The molecule has 0 bridgehead atoms. The number of hydrogen-bond acceptors (Lipinski definition) is 5. The van der Waals surface area contributed by atoms with Crippen molar-refractivity contribution in [1.82, 2.24) is 10.2 Å². The van der Waals surface area contributed by atoms with Crippen molar-refractivity contribution in [3.05, 3.63) is 29.1 Å². The third-order valence-corrected chi connectivity index (χ3v) is 6.53. The molecule has 0 radical (unpaired) electrons. The molecule has 170 valence electrons. The molecule has 1 aromatic carbocycles. The minimum atomic E-state index is -0.817. The molecule has 0 aromatic heterocycles. The van der Waals surface area contributed by atoms with Gasteiger partial charge in [-0.25, -0.2) is 4.39 Å². The maximum atomic E-state index is 13.7. The summed E-state index contributed by atoms with van der Waals surface area (Å²) in [5, 5.41) is 12.3. The van der Waals surface area contributed by atoms with Crippen LogP contribution >= 0.6 is 0 Å². The number of Topliss-reactive ketones (excluding diaryl/α,β-unsaturated/α-hetero) is 1. The van der Waals surface area contributed by atoms with Crippen LogP contribution in [0.15, 0.2) is 12.1 Å². The molecule has 3 atom stereocenters. The molecule has 3 rings (SSSR count). The summed E-state index contributed by atoms with van der Waals surface area (Å²) in [5.74, 6) is -1.72. The number of phenols is 1. The SMILES string of the molecule is CCN(C(=O)[C@H]1CC[C@](C)(CCNC(=O)c2cc(C)c(O)c(F)c2)C1)[C@@H]1CC(=O)CO1. The lowest BCUT2D eigenvalue weighted by Gasteiger charge is -2.30. The van der Waals surface area contributed by atoms with Crippen LogP contribution in [0.4, 0.5) is 4.39 Å². The number of carbonyl (C=O) groups excluding carboxylic acids is 3. The Bertz CT molecular complexity index is 851. The maximum Gasteiger partial charge on any atom is 0.251 e. The lowest BCUT2D eigenvalue weighted by atomic mass is 9.84. The molecule has 1 aliphatic heterocycles. The average molecular weight is 435 g/mol. The monoisotopic (exact) mass is 434 g/mol. The number of ether oxygens (including phenoxy) is 1. The first-order valence-corrected chi connectivity index (χ1v) is 10.8. The molecule has 2 fully saturated rings. The minimum absolute atomic E-state index is 0.0203. The Labute approximate surface area is 181 Å². The van der Waals surface area contributed by atoms with Gasteiger partial charge in [0.25, 0.3) is 5.91 Å². The molecule has 0 spiro atoms. The molecule has 2 amide bonds. The van der Waals surface area contributed by atoms with Crippen LogP contribution in [0.5, 0.6) is 5.75 Å². The first-order chi connectivity index (χ1) is 14.6. The third kappa shape index (κ3) is 5.23. The van der Waals surface area contributed by atoms with Gasteiger partial charge in [0.2, 0.25) is 5.91 Å². The van der Waals surface area contributed by atoms with Gasteiger partial charge in [0.15, 0.2) is 17.3 Å². The molecule has 2 N–H and O–H groups in total. The Morgan fingerprint density at radius 1 is 1.39 bits per heavy atom. The summed E-state index contributed by atoms with van der Waals surface area (Å²) < 4.78 is 19.2. The van der Waals surface area contributed by atoms with Gasteiger partial charge in [-0.3, -0.25) is 14.4 Å². The van der Waals surface area contributed by atoms with E-state index in [2.05, 4.69) is 12.2 Å². The van der Waals surface area contributed by atoms with E-state index in [1.165, 1.54) is 13.0 Å². The van der Waals surface area contributed by atoms with Gasteiger partial charge in [-0.15, -0.1) is 0 Å². The van der Waals surface area contributed by atoms with Crippen LogP contribution in [0, 0.1) is 24.1 Å². The highest BCUT2D eigenvalue weighted by molar-refractivity contribution is 5.94. The molecule has 1 heterocycles.